The first-order valence-electron chi connectivity index (χ1n) is 6.46. The second-order valence-electron chi connectivity index (χ2n) is 5.76. The first-order chi connectivity index (χ1) is 8.91. The van der Waals surface area contributed by atoms with Crippen molar-refractivity contribution in [1.82, 2.24) is 5.43 Å². The quantitative estimate of drug-likeness (QED) is 0.888. The van der Waals surface area contributed by atoms with Gasteiger partial charge in [0.1, 0.15) is 5.75 Å². The van der Waals surface area contributed by atoms with Crippen LogP contribution >= 0.6 is 0 Å². The molecule has 4 nitrogen and oxygen atoms in total. The van der Waals surface area contributed by atoms with E-state index in [-0.39, 0.29) is 11.3 Å². The molecule has 0 unspecified atom stereocenters. The third kappa shape index (κ3) is 2.95. The fraction of sp³-hybridized carbons (Fsp3) is 0.467. The number of nitrogens with one attached hydrogen (secondary N) is 1. The second-order valence-corrected chi connectivity index (χ2v) is 5.76. The van der Waals surface area contributed by atoms with Gasteiger partial charge in [-0.25, -0.2) is 5.43 Å². The van der Waals surface area contributed by atoms with Crippen molar-refractivity contribution in [3.63, 3.8) is 0 Å². The monoisotopic (exact) mass is 260 g/mol. The highest BCUT2D eigenvalue weighted by molar-refractivity contribution is 6.06. The molecule has 0 radical (unpaired) electrons. The summed E-state index contributed by atoms with van der Waals surface area (Å²) in [6, 6.07) is 6.15. The van der Waals surface area contributed by atoms with E-state index in [4.69, 9.17) is 4.74 Å². The van der Waals surface area contributed by atoms with Crippen molar-refractivity contribution in [2.24, 2.45) is 5.10 Å². The van der Waals surface area contributed by atoms with Gasteiger partial charge in [0.25, 0.3) is 0 Å². The van der Waals surface area contributed by atoms with Gasteiger partial charge in [0, 0.05) is 18.4 Å². The number of benzene rings is 1. The molecule has 0 aromatic heterocycles. The van der Waals surface area contributed by atoms with E-state index in [9.17, 15) is 4.79 Å². The first kappa shape index (κ1) is 13.6. The molecule has 0 aliphatic carbocycles. The maximum atomic E-state index is 11.2. The van der Waals surface area contributed by atoms with Crippen molar-refractivity contribution in [2.75, 3.05) is 7.11 Å². The number of hydrogen-bond acceptors (Lipinski definition) is 3. The second kappa shape index (κ2) is 5.03. The predicted molar refractivity (Wildman–Crippen MR) is 75.6 cm³/mol. The fourth-order valence-electron chi connectivity index (χ4n) is 2.07. The lowest BCUT2D eigenvalue weighted by Crippen LogP contribution is -2.26. The standard InChI is InChI=1S/C15H20N2O2/c1-15(2,3)10-5-7-13(19-4)11(9-10)12-6-8-14(18)17-16-12/h5,7,9H,6,8H2,1-4H3,(H,17,18). The summed E-state index contributed by atoms with van der Waals surface area (Å²) < 4.78 is 5.40. The third-order valence-electron chi connectivity index (χ3n) is 3.28. The number of ether oxygens (including phenoxy) is 1. The smallest absolute Gasteiger partial charge is 0.240 e. The Morgan fingerprint density at radius 1 is 1.26 bits per heavy atom. The van der Waals surface area contributed by atoms with Crippen molar-refractivity contribution in [3.05, 3.63) is 29.3 Å². The average Bonchev–Trinajstić information content (AvgIpc) is 2.38. The van der Waals surface area contributed by atoms with E-state index in [0.717, 1.165) is 17.0 Å². The Bertz CT molecular complexity index is 527. The van der Waals surface area contributed by atoms with Gasteiger partial charge in [0.15, 0.2) is 0 Å². The van der Waals surface area contributed by atoms with Crippen LogP contribution in [0.25, 0.3) is 0 Å². The molecule has 1 aliphatic rings. The molecule has 102 valence electrons. The van der Waals surface area contributed by atoms with Crippen molar-refractivity contribution >= 4 is 11.6 Å². The molecular formula is C15H20N2O2. The van der Waals surface area contributed by atoms with Gasteiger partial charge in [-0.05, 0) is 23.1 Å². The Morgan fingerprint density at radius 3 is 2.53 bits per heavy atom. The first-order valence-corrected chi connectivity index (χ1v) is 6.46. The Labute approximate surface area is 113 Å². The minimum atomic E-state index is -0.0327. The minimum absolute atomic E-state index is 0.0327. The Hall–Kier alpha value is -1.84. The summed E-state index contributed by atoms with van der Waals surface area (Å²) in [6.07, 6.45) is 1.12. The minimum Gasteiger partial charge on any atom is -0.496 e. The van der Waals surface area contributed by atoms with Gasteiger partial charge in [0.2, 0.25) is 5.91 Å². The third-order valence-corrected chi connectivity index (χ3v) is 3.28. The Morgan fingerprint density at radius 2 is 2.00 bits per heavy atom. The number of rotatable bonds is 2. The maximum Gasteiger partial charge on any atom is 0.240 e. The van der Waals surface area contributed by atoms with Crippen molar-refractivity contribution < 1.29 is 9.53 Å². The molecule has 1 aliphatic heterocycles. The zero-order valence-electron chi connectivity index (χ0n) is 11.9. The molecule has 0 saturated carbocycles. The number of methoxy groups -OCH3 is 1. The average molecular weight is 260 g/mol. The van der Waals surface area contributed by atoms with Crippen LogP contribution in [0, 0.1) is 0 Å². The normalized spacial score (nSPS) is 15.8. The van der Waals surface area contributed by atoms with Gasteiger partial charge in [-0.15, -0.1) is 0 Å². The number of amides is 1. The number of nitrogens with zero attached hydrogens (tertiary/aromatic N) is 1. The Balaban J connectivity index is 2.45. The highest BCUT2D eigenvalue weighted by Crippen LogP contribution is 2.29. The van der Waals surface area contributed by atoms with Crippen LogP contribution in [-0.2, 0) is 10.2 Å². The topological polar surface area (TPSA) is 50.7 Å². The zero-order valence-corrected chi connectivity index (χ0v) is 11.9. The van der Waals surface area contributed by atoms with Crippen LogP contribution in [0.1, 0.15) is 44.7 Å². The summed E-state index contributed by atoms with van der Waals surface area (Å²) in [5, 5.41) is 4.15. The summed E-state index contributed by atoms with van der Waals surface area (Å²) in [7, 11) is 1.65. The molecule has 2 rings (SSSR count). The lowest BCUT2D eigenvalue weighted by Gasteiger charge is -2.22. The Kier molecular flexibility index (Phi) is 3.60. The van der Waals surface area contributed by atoms with E-state index in [1.165, 1.54) is 5.56 Å². The molecule has 1 aromatic carbocycles. The molecule has 0 spiro atoms. The molecule has 0 atom stereocenters. The van der Waals surface area contributed by atoms with Gasteiger partial charge in [0.05, 0.1) is 12.8 Å². The lowest BCUT2D eigenvalue weighted by atomic mass is 9.85. The van der Waals surface area contributed by atoms with Gasteiger partial charge < -0.3 is 4.74 Å². The van der Waals surface area contributed by atoms with Crippen molar-refractivity contribution in [1.29, 1.82) is 0 Å². The van der Waals surface area contributed by atoms with E-state index in [1.54, 1.807) is 7.11 Å². The lowest BCUT2D eigenvalue weighted by molar-refractivity contribution is -0.121. The van der Waals surface area contributed by atoms with Crippen LogP contribution in [0.5, 0.6) is 5.75 Å². The van der Waals surface area contributed by atoms with Crippen molar-refractivity contribution in [2.45, 2.75) is 39.0 Å². The summed E-state index contributed by atoms with van der Waals surface area (Å²) in [4.78, 5) is 11.2. The van der Waals surface area contributed by atoms with Crippen molar-refractivity contribution in [3.8, 4) is 5.75 Å². The van der Waals surface area contributed by atoms with E-state index in [0.29, 0.717) is 12.8 Å². The molecule has 1 amide bonds. The van der Waals surface area contributed by atoms with Gasteiger partial charge in [-0.3, -0.25) is 4.79 Å². The highest BCUT2D eigenvalue weighted by atomic mass is 16.5. The van der Waals surface area contributed by atoms with E-state index >= 15 is 0 Å². The van der Waals surface area contributed by atoms with Gasteiger partial charge in [-0.1, -0.05) is 26.8 Å². The van der Waals surface area contributed by atoms with Crippen LogP contribution in [-0.4, -0.2) is 18.7 Å². The molecular weight excluding hydrogens is 240 g/mol. The predicted octanol–water partition coefficient (Wildman–Crippen LogP) is 2.61. The number of carbonyl (C=O) groups is 1. The molecule has 19 heavy (non-hydrogen) atoms. The summed E-state index contributed by atoms with van der Waals surface area (Å²) in [6.45, 7) is 6.51. The van der Waals surface area contributed by atoms with Crippen LogP contribution < -0.4 is 10.2 Å². The SMILES string of the molecule is COc1ccc(C(C)(C)C)cc1C1=NNC(=O)CC1. The maximum absolute atomic E-state index is 11.2. The largest absolute Gasteiger partial charge is 0.496 e. The zero-order chi connectivity index (χ0) is 14.0. The van der Waals surface area contributed by atoms with E-state index in [2.05, 4.69) is 43.4 Å². The summed E-state index contributed by atoms with van der Waals surface area (Å²) >= 11 is 0. The van der Waals surface area contributed by atoms with Crippen LogP contribution in [0.4, 0.5) is 0 Å². The van der Waals surface area contributed by atoms with Gasteiger partial charge in [-0.2, -0.15) is 5.10 Å². The fourth-order valence-corrected chi connectivity index (χ4v) is 2.07. The molecule has 1 N–H and O–H groups in total. The summed E-state index contributed by atoms with van der Waals surface area (Å²) in [5.74, 6) is 0.762. The molecule has 1 aromatic rings. The number of hydrogen-bond donors (Lipinski definition) is 1. The van der Waals surface area contributed by atoms with Crippen LogP contribution in [0.2, 0.25) is 0 Å². The molecule has 4 heteroatoms. The molecule has 0 fully saturated rings. The summed E-state index contributed by atoms with van der Waals surface area (Å²) in [5.41, 5.74) is 5.67. The molecule has 0 saturated heterocycles. The van der Waals surface area contributed by atoms with Crippen LogP contribution in [0.3, 0.4) is 0 Å². The molecule has 0 bridgehead atoms. The number of hydrazone groups is 1. The number of carbonyl (C=O) groups excluding carboxylic acids is 1. The van der Waals surface area contributed by atoms with E-state index < -0.39 is 0 Å². The highest BCUT2D eigenvalue weighted by Gasteiger charge is 2.20. The van der Waals surface area contributed by atoms with Gasteiger partial charge >= 0.3 is 0 Å². The van der Waals surface area contributed by atoms with E-state index in [1.807, 2.05) is 6.07 Å². The molecule has 1 heterocycles. The van der Waals surface area contributed by atoms with Crippen LogP contribution in [0.15, 0.2) is 23.3 Å².